The van der Waals surface area contributed by atoms with E-state index in [2.05, 4.69) is 15.2 Å². The highest BCUT2D eigenvalue weighted by atomic mass is 127. The second-order valence-electron chi connectivity index (χ2n) is 4.16. The number of nitrogens with zero attached hydrogens (tertiary/aromatic N) is 2. The molecule has 1 heterocycles. The lowest BCUT2D eigenvalue weighted by atomic mass is 10.2. The molecule has 0 unspecified atom stereocenters. The minimum atomic E-state index is 0. The summed E-state index contributed by atoms with van der Waals surface area (Å²) in [5, 5.41) is 3.31. The molecule has 1 aromatic rings. The molecule has 0 spiro atoms. The number of hydrogen-bond acceptors (Lipinski definition) is 5. The summed E-state index contributed by atoms with van der Waals surface area (Å²) < 4.78 is 10.5. The first-order chi connectivity index (χ1) is 8.74. The van der Waals surface area contributed by atoms with Crippen LogP contribution in [0.5, 0.6) is 11.5 Å². The summed E-state index contributed by atoms with van der Waals surface area (Å²) in [5.74, 6) is 2.56. The first-order valence-electron chi connectivity index (χ1n) is 5.95. The van der Waals surface area contributed by atoms with Gasteiger partial charge in [0.1, 0.15) is 11.5 Å². The number of halogens is 1. The first kappa shape index (κ1) is 15.9. The Morgan fingerprint density at radius 1 is 1.32 bits per heavy atom. The minimum Gasteiger partial charge on any atom is -0.497 e. The van der Waals surface area contributed by atoms with Crippen molar-refractivity contribution in [2.24, 2.45) is 4.99 Å². The molecule has 0 atom stereocenters. The maximum atomic E-state index is 5.36. The van der Waals surface area contributed by atoms with Gasteiger partial charge >= 0.3 is 0 Å². The highest BCUT2D eigenvalue weighted by molar-refractivity contribution is 14.0. The van der Waals surface area contributed by atoms with Crippen LogP contribution in [0.4, 0.5) is 0 Å². The lowest BCUT2D eigenvalue weighted by molar-refractivity contribution is 0.390. The summed E-state index contributed by atoms with van der Waals surface area (Å²) in [6.07, 6.45) is 0. The van der Waals surface area contributed by atoms with Crippen LogP contribution in [-0.4, -0.2) is 45.2 Å². The lowest BCUT2D eigenvalue weighted by Gasteiger charge is -2.16. The van der Waals surface area contributed by atoms with Crippen LogP contribution in [0.1, 0.15) is 5.56 Å². The third kappa shape index (κ3) is 3.89. The van der Waals surface area contributed by atoms with Gasteiger partial charge in [-0.25, -0.2) is 0 Å². The van der Waals surface area contributed by atoms with Crippen LogP contribution in [0, 0.1) is 0 Å². The number of rotatable bonds is 4. The third-order valence-corrected chi connectivity index (χ3v) is 2.99. The summed E-state index contributed by atoms with van der Waals surface area (Å²) in [4.78, 5) is 6.49. The molecule has 106 valence electrons. The highest BCUT2D eigenvalue weighted by Gasteiger charge is 2.12. The summed E-state index contributed by atoms with van der Waals surface area (Å²) in [7, 11) is 5.34. The van der Waals surface area contributed by atoms with E-state index in [0.717, 1.165) is 36.1 Å². The van der Waals surface area contributed by atoms with Crippen molar-refractivity contribution in [2.75, 3.05) is 34.4 Å². The topological polar surface area (TPSA) is 46.1 Å². The molecule has 1 aromatic carbocycles. The van der Waals surface area contributed by atoms with E-state index in [1.807, 2.05) is 25.2 Å². The van der Waals surface area contributed by atoms with Crippen LogP contribution in [-0.2, 0) is 6.54 Å². The van der Waals surface area contributed by atoms with Crippen LogP contribution in [0.2, 0.25) is 0 Å². The van der Waals surface area contributed by atoms with Gasteiger partial charge in [-0.2, -0.15) is 0 Å². The zero-order valence-corrected chi connectivity index (χ0v) is 13.8. The van der Waals surface area contributed by atoms with E-state index in [-0.39, 0.29) is 24.0 Å². The number of benzene rings is 1. The van der Waals surface area contributed by atoms with Gasteiger partial charge in [0.2, 0.25) is 0 Å². The van der Waals surface area contributed by atoms with Crippen LogP contribution in [0.3, 0.4) is 0 Å². The van der Waals surface area contributed by atoms with E-state index in [1.165, 1.54) is 0 Å². The van der Waals surface area contributed by atoms with Crippen LogP contribution >= 0.6 is 24.0 Å². The first-order valence-corrected chi connectivity index (χ1v) is 5.95. The number of methoxy groups -OCH3 is 2. The number of hydrogen-bond donors (Lipinski definition) is 1. The molecule has 6 heteroatoms. The second kappa shape index (κ2) is 7.42. The van der Waals surface area contributed by atoms with Crippen molar-refractivity contribution < 1.29 is 9.47 Å². The van der Waals surface area contributed by atoms with Crippen molar-refractivity contribution in [1.29, 1.82) is 0 Å². The van der Waals surface area contributed by atoms with Gasteiger partial charge in [-0.1, -0.05) is 0 Å². The molecule has 2 rings (SSSR count). The van der Waals surface area contributed by atoms with Crippen molar-refractivity contribution in [2.45, 2.75) is 6.54 Å². The monoisotopic (exact) mass is 377 g/mol. The van der Waals surface area contributed by atoms with E-state index in [1.54, 1.807) is 14.2 Å². The lowest BCUT2D eigenvalue weighted by Crippen LogP contribution is -2.35. The van der Waals surface area contributed by atoms with E-state index >= 15 is 0 Å². The molecular weight excluding hydrogens is 357 g/mol. The molecule has 0 saturated carbocycles. The molecule has 5 nitrogen and oxygen atoms in total. The third-order valence-electron chi connectivity index (χ3n) is 2.99. The zero-order valence-electron chi connectivity index (χ0n) is 11.5. The molecule has 1 aliphatic rings. The van der Waals surface area contributed by atoms with E-state index in [9.17, 15) is 0 Å². The Labute approximate surface area is 131 Å². The molecule has 0 bridgehead atoms. The fourth-order valence-electron chi connectivity index (χ4n) is 1.90. The Kier molecular flexibility index (Phi) is 6.20. The Morgan fingerprint density at radius 3 is 2.68 bits per heavy atom. The van der Waals surface area contributed by atoms with Gasteiger partial charge in [0.15, 0.2) is 5.96 Å². The van der Waals surface area contributed by atoms with E-state index in [4.69, 9.17) is 9.47 Å². The van der Waals surface area contributed by atoms with Gasteiger partial charge in [0.25, 0.3) is 0 Å². The average molecular weight is 377 g/mol. The number of ether oxygens (including phenoxy) is 2. The summed E-state index contributed by atoms with van der Waals surface area (Å²) in [6.45, 7) is 2.52. The molecule has 0 aromatic heterocycles. The Hall–Kier alpha value is -1.18. The molecule has 0 aliphatic carbocycles. The SMILES string of the molecule is COc1ccc(CNC2=NCCN2C)c(OC)c1.I. The molecule has 0 saturated heterocycles. The molecule has 1 N–H and O–H groups in total. The minimum absolute atomic E-state index is 0. The standard InChI is InChI=1S/C13H19N3O2.HI/c1-16-7-6-14-13(16)15-9-10-4-5-11(17-2)8-12(10)18-3;/h4-5,8H,6-7,9H2,1-3H3,(H,14,15);1H. The summed E-state index contributed by atoms with van der Waals surface area (Å²) in [6, 6.07) is 5.82. The van der Waals surface area contributed by atoms with Gasteiger partial charge in [-0.05, 0) is 12.1 Å². The summed E-state index contributed by atoms with van der Waals surface area (Å²) in [5.41, 5.74) is 1.08. The molecule has 0 radical (unpaired) electrons. The van der Waals surface area contributed by atoms with Crippen LogP contribution in [0.15, 0.2) is 23.2 Å². The maximum absolute atomic E-state index is 5.36. The predicted molar refractivity (Wildman–Crippen MR) is 86.7 cm³/mol. The van der Waals surface area contributed by atoms with Crippen molar-refractivity contribution >= 4 is 29.9 Å². The Morgan fingerprint density at radius 2 is 2.11 bits per heavy atom. The normalized spacial score (nSPS) is 13.6. The van der Waals surface area contributed by atoms with E-state index < -0.39 is 0 Å². The smallest absolute Gasteiger partial charge is 0.194 e. The van der Waals surface area contributed by atoms with Gasteiger partial charge in [-0.15, -0.1) is 24.0 Å². The predicted octanol–water partition coefficient (Wildman–Crippen LogP) is 1.71. The maximum Gasteiger partial charge on any atom is 0.194 e. The van der Waals surface area contributed by atoms with Crippen LogP contribution < -0.4 is 14.8 Å². The second-order valence-corrected chi connectivity index (χ2v) is 4.16. The fourth-order valence-corrected chi connectivity index (χ4v) is 1.90. The zero-order chi connectivity index (χ0) is 13.0. The summed E-state index contributed by atoms with van der Waals surface area (Å²) >= 11 is 0. The van der Waals surface area contributed by atoms with Crippen LogP contribution in [0.25, 0.3) is 0 Å². The highest BCUT2D eigenvalue weighted by Crippen LogP contribution is 2.24. The van der Waals surface area contributed by atoms with Gasteiger partial charge in [-0.3, -0.25) is 4.99 Å². The number of aliphatic imine (C=N–C) groups is 1. The van der Waals surface area contributed by atoms with Gasteiger partial charge < -0.3 is 19.7 Å². The number of nitrogens with one attached hydrogen (secondary N) is 1. The fraction of sp³-hybridized carbons (Fsp3) is 0.462. The quantitative estimate of drug-likeness (QED) is 0.812. The number of guanidine groups is 1. The molecule has 0 amide bonds. The largest absolute Gasteiger partial charge is 0.497 e. The molecule has 19 heavy (non-hydrogen) atoms. The number of likely N-dealkylation sites (N-methyl/N-ethyl adjacent to an activating group) is 1. The molecular formula is C13H20IN3O2. The van der Waals surface area contributed by atoms with Crippen molar-refractivity contribution in [3.63, 3.8) is 0 Å². The van der Waals surface area contributed by atoms with Gasteiger partial charge in [0.05, 0.1) is 20.8 Å². The molecule has 1 aliphatic heterocycles. The molecule has 0 fully saturated rings. The van der Waals surface area contributed by atoms with E-state index in [0.29, 0.717) is 6.54 Å². The van der Waals surface area contributed by atoms with Crippen molar-refractivity contribution in [3.8, 4) is 11.5 Å². The van der Waals surface area contributed by atoms with Gasteiger partial charge in [0, 0.05) is 31.8 Å². The Balaban J connectivity index is 0.00000180. The van der Waals surface area contributed by atoms with Crippen molar-refractivity contribution in [3.05, 3.63) is 23.8 Å². The average Bonchev–Trinajstić information content (AvgIpc) is 2.81. The van der Waals surface area contributed by atoms with Crippen molar-refractivity contribution in [1.82, 2.24) is 10.2 Å². The Bertz CT molecular complexity index is 452.